The standard InChI is InChI=1S/C16H27BrN4/c1-12-6-8-16(9-7-12,21(2)3)15(20-18)10-14-5-4-13(17)11-19-14/h4-5,11-12,15,20H,6-10,18H2,1-3H3. The molecular weight excluding hydrogens is 328 g/mol. The van der Waals surface area contributed by atoms with Gasteiger partial charge in [-0.15, -0.1) is 0 Å². The summed E-state index contributed by atoms with van der Waals surface area (Å²) in [6.45, 7) is 2.35. The highest BCUT2D eigenvalue weighted by atomic mass is 79.9. The largest absolute Gasteiger partial charge is 0.302 e. The summed E-state index contributed by atoms with van der Waals surface area (Å²) in [6.07, 6.45) is 7.62. The van der Waals surface area contributed by atoms with Crippen molar-refractivity contribution in [3.8, 4) is 0 Å². The third kappa shape index (κ3) is 3.83. The number of likely N-dealkylation sites (N-methyl/N-ethyl adjacent to an activating group) is 1. The summed E-state index contributed by atoms with van der Waals surface area (Å²) in [7, 11) is 4.35. The first kappa shape index (κ1) is 16.9. The van der Waals surface area contributed by atoms with E-state index >= 15 is 0 Å². The van der Waals surface area contributed by atoms with Gasteiger partial charge in [0.05, 0.1) is 0 Å². The summed E-state index contributed by atoms with van der Waals surface area (Å²) in [6, 6.07) is 4.33. The van der Waals surface area contributed by atoms with Gasteiger partial charge in [0.2, 0.25) is 0 Å². The average molecular weight is 355 g/mol. The Hall–Kier alpha value is -0.490. The first-order valence-corrected chi connectivity index (χ1v) is 8.51. The third-order valence-corrected chi connectivity index (χ3v) is 5.55. The molecule has 0 bridgehead atoms. The minimum atomic E-state index is 0.121. The molecule has 1 saturated carbocycles. The van der Waals surface area contributed by atoms with Crippen LogP contribution in [0.15, 0.2) is 22.8 Å². The fourth-order valence-electron chi connectivity index (χ4n) is 3.51. The fourth-order valence-corrected chi connectivity index (χ4v) is 3.74. The van der Waals surface area contributed by atoms with Crippen molar-refractivity contribution in [3.05, 3.63) is 28.5 Å². The zero-order valence-corrected chi connectivity index (χ0v) is 14.9. The number of nitrogens with two attached hydrogens (primary N) is 1. The second-order valence-electron chi connectivity index (χ2n) is 6.57. The summed E-state index contributed by atoms with van der Waals surface area (Å²) in [4.78, 5) is 6.87. The molecule has 0 saturated heterocycles. The molecule has 1 aliphatic carbocycles. The second-order valence-corrected chi connectivity index (χ2v) is 7.49. The van der Waals surface area contributed by atoms with E-state index in [1.54, 1.807) is 0 Å². The van der Waals surface area contributed by atoms with Crippen LogP contribution in [0, 0.1) is 5.92 Å². The van der Waals surface area contributed by atoms with Crippen molar-refractivity contribution in [2.24, 2.45) is 11.8 Å². The van der Waals surface area contributed by atoms with Crippen molar-refractivity contribution in [2.75, 3.05) is 14.1 Å². The first-order chi connectivity index (χ1) is 9.98. The zero-order chi connectivity index (χ0) is 15.5. The van der Waals surface area contributed by atoms with E-state index in [0.29, 0.717) is 0 Å². The first-order valence-electron chi connectivity index (χ1n) is 7.72. The van der Waals surface area contributed by atoms with E-state index < -0.39 is 0 Å². The van der Waals surface area contributed by atoms with Crippen molar-refractivity contribution < 1.29 is 0 Å². The molecule has 0 aliphatic heterocycles. The molecule has 1 atom stereocenters. The normalized spacial score (nSPS) is 27.8. The number of hydrazine groups is 1. The minimum Gasteiger partial charge on any atom is -0.302 e. The third-order valence-electron chi connectivity index (χ3n) is 5.08. The molecule has 4 nitrogen and oxygen atoms in total. The molecular formula is C16H27BrN4. The molecule has 21 heavy (non-hydrogen) atoms. The minimum absolute atomic E-state index is 0.121. The van der Waals surface area contributed by atoms with Crippen molar-refractivity contribution in [1.29, 1.82) is 0 Å². The Bertz CT molecular complexity index is 438. The van der Waals surface area contributed by atoms with Gasteiger partial charge in [-0.2, -0.15) is 0 Å². The molecule has 1 fully saturated rings. The molecule has 0 radical (unpaired) electrons. The van der Waals surface area contributed by atoms with Crippen molar-refractivity contribution in [3.63, 3.8) is 0 Å². The van der Waals surface area contributed by atoms with E-state index in [0.717, 1.165) is 22.5 Å². The lowest BCUT2D eigenvalue weighted by molar-refractivity contribution is 0.0431. The van der Waals surface area contributed by atoms with Gasteiger partial charge in [-0.05, 0) is 73.8 Å². The zero-order valence-electron chi connectivity index (χ0n) is 13.3. The molecule has 0 spiro atoms. The van der Waals surface area contributed by atoms with Gasteiger partial charge in [0, 0.05) is 34.4 Å². The van der Waals surface area contributed by atoms with E-state index in [1.807, 2.05) is 12.3 Å². The van der Waals surface area contributed by atoms with Crippen molar-refractivity contribution >= 4 is 15.9 Å². The van der Waals surface area contributed by atoms with Gasteiger partial charge >= 0.3 is 0 Å². The molecule has 118 valence electrons. The van der Waals surface area contributed by atoms with Gasteiger partial charge in [-0.3, -0.25) is 16.3 Å². The Morgan fingerprint density at radius 1 is 1.43 bits per heavy atom. The highest BCUT2D eigenvalue weighted by molar-refractivity contribution is 9.10. The van der Waals surface area contributed by atoms with Gasteiger partial charge in [-0.25, -0.2) is 0 Å². The fraction of sp³-hybridized carbons (Fsp3) is 0.688. The molecule has 1 aliphatic rings. The van der Waals surface area contributed by atoms with Gasteiger partial charge in [0.25, 0.3) is 0 Å². The van der Waals surface area contributed by atoms with Gasteiger partial charge in [0.15, 0.2) is 0 Å². The maximum Gasteiger partial charge on any atom is 0.0449 e. The molecule has 1 unspecified atom stereocenters. The van der Waals surface area contributed by atoms with E-state index in [1.165, 1.54) is 25.7 Å². The number of pyridine rings is 1. The Labute approximate surface area is 136 Å². The summed E-state index contributed by atoms with van der Waals surface area (Å²) in [5.74, 6) is 6.75. The number of rotatable bonds is 5. The Kier molecular flexibility index (Phi) is 5.77. The van der Waals surface area contributed by atoms with Crippen LogP contribution in [-0.4, -0.2) is 35.6 Å². The van der Waals surface area contributed by atoms with Crippen molar-refractivity contribution in [2.45, 2.75) is 50.6 Å². The van der Waals surface area contributed by atoms with Crippen molar-refractivity contribution in [1.82, 2.24) is 15.3 Å². The van der Waals surface area contributed by atoms with E-state index in [2.05, 4.69) is 58.3 Å². The highest BCUT2D eigenvalue weighted by Gasteiger charge is 2.42. The maximum absolute atomic E-state index is 5.93. The molecule has 5 heteroatoms. The van der Waals surface area contributed by atoms with Crippen LogP contribution in [-0.2, 0) is 6.42 Å². The number of aromatic nitrogens is 1. The molecule has 0 amide bonds. The van der Waals surface area contributed by atoms with Gasteiger partial charge in [0.1, 0.15) is 0 Å². The van der Waals surface area contributed by atoms with Crippen LogP contribution in [0.4, 0.5) is 0 Å². The predicted octanol–water partition coefficient (Wildman–Crippen LogP) is 2.73. The number of hydrogen-bond donors (Lipinski definition) is 2. The van der Waals surface area contributed by atoms with Crippen LogP contribution in [0.2, 0.25) is 0 Å². The predicted molar refractivity (Wildman–Crippen MR) is 90.8 cm³/mol. The van der Waals surface area contributed by atoms with E-state index in [4.69, 9.17) is 5.84 Å². The molecule has 3 N–H and O–H groups in total. The van der Waals surface area contributed by atoms with Gasteiger partial charge < -0.3 is 4.90 Å². The van der Waals surface area contributed by atoms with Crippen LogP contribution in [0.5, 0.6) is 0 Å². The van der Waals surface area contributed by atoms with Crippen LogP contribution >= 0.6 is 15.9 Å². The topological polar surface area (TPSA) is 54.2 Å². The lowest BCUT2D eigenvalue weighted by Crippen LogP contribution is -2.62. The van der Waals surface area contributed by atoms with Crippen LogP contribution < -0.4 is 11.3 Å². The lowest BCUT2D eigenvalue weighted by Gasteiger charge is -2.49. The Balaban J connectivity index is 2.18. The molecule has 1 aromatic rings. The van der Waals surface area contributed by atoms with Crippen LogP contribution in [0.1, 0.15) is 38.3 Å². The number of halogens is 1. The van der Waals surface area contributed by atoms with Crippen LogP contribution in [0.3, 0.4) is 0 Å². The second kappa shape index (κ2) is 7.18. The van der Waals surface area contributed by atoms with Gasteiger partial charge in [-0.1, -0.05) is 6.92 Å². The summed E-state index contributed by atoms with van der Waals surface area (Å²) < 4.78 is 1.01. The summed E-state index contributed by atoms with van der Waals surface area (Å²) >= 11 is 3.43. The smallest absolute Gasteiger partial charge is 0.0449 e. The quantitative estimate of drug-likeness (QED) is 0.630. The summed E-state index contributed by atoms with van der Waals surface area (Å²) in [5.41, 5.74) is 4.28. The Morgan fingerprint density at radius 3 is 2.57 bits per heavy atom. The maximum atomic E-state index is 5.93. The highest BCUT2D eigenvalue weighted by Crippen LogP contribution is 2.38. The molecule has 2 rings (SSSR count). The summed E-state index contributed by atoms with van der Waals surface area (Å²) in [5, 5.41) is 0. The SMILES string of the molecule is CC1CCC(C(Cc2ccc(Br)cn2)NN)(N(C)C)CC1. The molecule has 0 aromatic carbocycles. The number of hydrogen-bond acceptors (Lipinski definition) is 4. The monoisotopic (exact) mass is 354 g/mol. The Morgan fingerprint density at radius 2 is 2.10 bits per heavy atom. The van der Waals surface area contributed by atoms with E-state index in [9.17, 15) is 0 Å². The number of nitrogens with one attached hydrogen (secondary N) is 1. The van der Waals surface area contributed by atoms with Crippen LogP contribution in [0.25, 0.3) is 0 Å². The number of nitrogens with zero attached hydrogens (tertiary/aromatic N) is 2. The molecule has 1 heterocycles. The lowest BCUT2D eigenvalue weighted by atomic mass is 9.71. The molecule has 1 aromatic heterocycles. The van der Waals surface area contributed by atoms with E-state index in [-0.39, 0.29) is 11.6 Å². The average Bonchev–Trinajstić information content (AvgIpc) is 2.48.